The average Bonchev–Trinajstić information content (AvgIpc) is 3.32. The highest BCUT2D eigenvalue weighted by molar-refractivity contribution is 5.48. The topological polar surface area (TPSA) is 91.9 Å². The van der Waals surface area contributed by atoms with Crippen LogP contribution < -0.4 is 19.1 Å². The SMILES string of the molecule is O=[N+]([O-])c1cn2c(n1)O[C@@H](COc1ccc(OC3CCN(c4ccc(C(F)(F)F)cc4)CC3)cc1)CC2. The van der Waals surface area contributed by atoms with Crippen molar-refractivity contribution >= 4 is 11.5 Å². The van der Waals surface area contributed by atoms with E-state index in [-0.39, 0.29) is 30.6 Å². The number of anilines is 1. The molecule has 5 rings (SSSR count). The first-order chi connectivity index (χ1) is 17.7. The first kappa shape index (κ1) is 24.7. The number of halogens is 3. The minimum Gasteiger partial charge on any atom is -0.490 e. The summed E-state index contributed by atoms with van der Waals surface area (Å²) in [4.78, 5) is 16.3. The number of piperidine rings is 1. The van der Waals surface area contributed by atoms with Crippen LogP contribution in [-0.2, 0) is 12.7 Å². The summed E-state index contributed by atoms with van der Waals surface area (Å²) in [6.45, 7) is 2.23. The van der Waals surface area contributed by atoms with E-state index in [1.165, 1.54) is 18.3 Å². The van der Waals surface area contributed by atoms with Gasteiger partial charge in [-0.25, -0.2) is 0 Å². The molecule has 3 heterocycles. The van der Waals surface area contributed by atoms with Gasteiger partial charge in [-0.1, -0.05) is 0 Å². The lowest BCUT2D eigenvalue weighted by Crippen LogP contribution is -2.38. The highest BCUT2D eigenvalue weighted by Gasteiger charge is 2.31. The van der Waals surface area contributed by atoms with E-state index in [9.17, 15) is 23.3 Å². The van der Waals surface area contributed by atoms with E-state index in [1.807, 2.05) is 12.1 Å². The molecule has 2 aliphatic rings. The molecule has 0 spiro atoms. The lowest BCUT2D eigenvalue weighted by molar-refractivity contribution is -0.389. The van der Waals surface area contributed by atoms with Crippen LogP contribution >= 0.6 is 0 Å². The molecule has 0 N–H and O–H groups in total. The maximum absolute atomic E-state index is 12.8. The molecule has 2 aliphatic heterocycles. The number of ether oxygens (including phenoxy) is 3. The van der Waals surface area contributed by atoms with Crippen molar-refractivity contribution in [3.05, 3.63) is 70.4 Å². The Morgan fingerprint density at radius 3 is 2.32 bits per heavy atom. The smallest absolute Gasteiger partial charge is 0.416 e. The maximum Gasteiger partial charge on any atom is 0.416 e. The number of imidazole rings is 1. The number of aryl methyl sites for hydroxylation is 1. The number of alkyl halides is 3. The molecular weight excluding hydrogens is 493 g/mol. The van der Waals surface area contributed by atoms with Crippen molar-refractivity contribution in [2.75, 3.05) is 24.6 Å². The van der Waals surface area contributed by atoms with Crippen LogP contribution in [0.3, 0.4) is 0 Å². The second-order valence-electron chi connectivity index (χ2n) is 8.99. The van der Waals surface area contributed by atoms with Gasteiger partial charge in [-0.2, -0.15) is 13.2 Å². The summed E-state index contributed by atoms with van der Waals surface area (Å²) < 4.78 is 57.6. The number of fused-ring (bicyclic) bond motifs is 1. The number of nitro groups is 1. The zero-order valence-corrected chi connectivity index (χ0v) is 19.8. The van der Waals surface area contributed by atoms with Crippen molar-refractivity contribution in [1.29, 1.82) is 0 Å². The fourth-order valence-electron chi connectivity index (χ4n) is 4.43. The van der Waals surface area contributed by atoms with Crippen LogP contribution in [0.25, 0.3) is 0 Å². The molecule has 2 aromatic carbocycles. The normalized spacial score (nSPS) is 18.1. The number of nitrogens with zero attached hydrogens (tertiary/aromatic N) is 4. The predicted octanol–water partition coefficient (Wildman–Crippen LogP) is 5.09. The lowest BCUT2D eigenvalue weighted by Gasteiger charge is -2.33. The Morgan fingerprint density at radius 2 is 1.68 bits per heavy atom. The van der Waals surface area contributed by atoms with Crippen molar-refractivity contribution in [3.63, 3.8) is 0 Å². The van der Waals surface area contributed by atoms with Crippen LogP contribution in [0.2, 0.25) is 0 Å². The molecule has 0 amide bonds. The Kier molecular flexibility index (Phi) is 6.81. The predicted molar refractivity (Wildman–Crippen MR) is 127 cm³/mol. The van der Waals surface area contributed by atoms with Gasteiger partial charge in [0.2, 0.25) is 0 Å². The van der Waals surface area contributed by atoms with E-state index in [4.69, 9.17) is 14.2 Å². The standard InChI is InChI=1S/C25H25F3N4O5/c26-25(27,28)17-1-3-18(4-2-17)30-12-9-21(10-13-30)36-20-7-5-19(6-8-20)35-16-22-11-14-31-15-23(32(33)34)29-24(31)37-22/h1-8,15,21-22H,9-14,16H2/t22-/m1/s1. The van der Waals surface area contributed by atoms with Gasteiger partial charge in [0, 0.05) is 49.6 Å². The summed E-state index contributed by atoms with van der Waals surface area (Å²) in [6, 6.07) is 12.7. The first-order valence-electron chi connectivity index (χ1n) is 11.9. The first-order valence-corrected chi connectivity index (χ1v) is 11.9. The zero-order chi connectivity index (χ0) is 26.0. The van der Waals surface area contributed by atoms with E-state index in [1.54, 1.807) is 16.7 Å². The molecule has 12 heteroatoms. The van der Waals surface area contributed by atoms with Crippen LogP contribution in [0.5, 0.6) is 17.5 Å². The summed E-state index contributed by atoms with van der Waals surface area (Å²) in [7, 11) is 0. The van der Waals surface area contributed by atoms with Gasteiger partial charge in [0.15, 0.2) is 0 Å². The monoisotopic (exact) mass is 518 g/mol. The van der Waals surface area contributed by atoms with Crippen LogP contribution in [0, 0.1) is 10.1 Å². The second-order valence-corrected chi connectivity index (χ2v) is 8.99. The van der Waals surface area contributed by atoms with E-state index >= 15 is 0 Å². The third kappa shape index (κ3) is 5.89. The fraction of sp³-hybridized carbons (Fsp3) is 0.400. The van der Waals surface area contributed by atoms with Gasteiger partial charge in [0.25, 0.3) is 0 Å². The van der Waals surface area contributed by atoms with Gasteiger partial charge in [0.05, 0.1) is 5.56 Å². The molecule has 0 unspecified atom stereocenters. The number of benzene rings is 2. The average molecular weight is 518 g/mol. The minimum atomic E-state index is -4.33. The van der Waals surface area contributed by atoms with Crippen molar-refractivity contribution in [3.8, 4) is 17.5 Å². The van der Waals surface area contributed by atoms with Crippen molar-refractivity contribution in [2.45, 2.75) is 44.2 Å². The van der Waals surface area contributed by atoms with Gasteiger partial charge in [0.1, 0.15) is 36.5 Å². The van der Waals surface area contributed by atoms with Crippen LogP contribution in [0.4, 0.5) is 24.7 Å². The lowest BCUT2D eigenvalue weighted by atomic mass is 10.1. The Labute approximate surface area is 210 Å². The van der Waals surface area contributed by atoms with Crippen molar-refractivity contribution < 1.29 is 32.3 Å². The summed E-state index contributed by atoms with van der Waals surface area (Å²) in [5.41, 5.74) is 0.128. The van der Waals surface area contributed by atoms with Crippen LogP contribution in [-0.4, -0.2) is 46.4 Å². The minimum absolute atomic E-state index is 0.0147. The van der Waals surface area contributed by atoms with Crippen molar-refractivity contribution in [1.82, 2.24) is 9.55 Å². The van der Waals surface area contributed by atoms with Gasteiger partial charge < -0.3 is 29.2 Å². The molecule has 0 radical (unpaired) electrons. The summed E-state index contributed by atoms with van der Waals surface area (Å²) in [5.74, 6) is 1.12. The van der Waals surface area contributed by atoms with Gasteiger partial charge in [-0.05, 0) is 53.5 Å². The molecule has 1 atom stereocenters. The zero-order valence-electron chi connectivity index (χ0n) is 19.8. The van der Waals surface area contributed by atoms with E-state index in [0.717, 1.165) is 30.7 Å². The molecule has 0 bridgehead atoms. The third-order valence-electron chi connectivity index (χ3n) is 6.44. The molecular formula is C25H25F3N4O5. The fourth-order valence-corrected chi connectivity index (χ4v) is 4.43. The van der Waals surface area contributed by atoms with E-state index in [0.29, 0.717) is 37.6 Å². The van der Waals surface area contributed by atoms with Crippen molar-refractivity contribution in [2.24, 2.45) is 0 Å². The van der Waals surface area contributed by atoms with Gasteiger partial charge in [-0.15, -0.1) is 0 Å². The molecule has 196 valence electrons. The van der Waals surface area contributed by atoms with Crippen LogP contribution in [0.15, 0.2) is 54.7 Å². The number of hydrogen-bond acceptors (Lipinski definition) is 7. The second kappa shape index (κ2) is 10.2. The number of aromatic nitrogens is 2. The highest BCUT2D eigenvalue weighted by Crippen LogP contribution is 2.32. The molecule has 0 aliphatic carbocycles. The summed E-state index contributed by atoms with van der Waals surface area (Å²) >= 11 is 0. The molecule has 37 heavy (non-hydrogen) atoms. The Balaban J connectivity index is 1.07. The van der Waals surface area contributed by atoms with Gasteiger partial charge >= 0.3 is 18.0 Å². The Bertz CT molecular complexity index is 1220. The summed E-state index contributed by atoms with van der Waals surface area (Å²) in [6.07, 6.45) is -1.06. The maximum atomic E-state index is 12.8. The molecule has 9 nitrogen and oxygen atoms in total. The molecule has 1 aromatic heterocycles. The Morgan fingerprint density at radius 1 is 1.00 bits per heavy atom. The quantitative estimate of drug-likeness (QED) is 0.318. The molecule has 1 saturated heterocycles. The van der Waals surface area contributed by atoms with E-state index in [2.05, 4.69) is 9.88 Å². The number of hydrogen-bond donors (Lipinski definition) is 0. The molecule has 1 fully saturated rings. The van der Waals surface area contributed by atoms with Gasteiger partial charge in [-0.3, -0.25) is 4.57 Å². The Hall–Kier alpha value is -3.96. The molecule has 0 saturated carbocycles. The number of rotatable bonds is 7. The molecule has 3 aromatic rings. The largest absolute Gasteiger partial charge is 0.490 e. The third-order valence-corrected chi connectivity index (χ3v) is 6.44. The highest BCUT2D eigenvalue weighted by atomic mass is 19.4. The van der Waals surface area contributed by atoms with Crippen LogP contribution in [0.1, 0.15) is 24.8 Å². The summed E-state index contributed by atoms with van der Waals surface area (Å²) in [5, 5.41) is 10.9. The van der Waals surface area contributed by atoms with E-state index < -0.39 is 16.7 Å².